The standard InChI is InChI=1S/C32H38ClF2N3O4SSi/c1-19-27(26(22-9-7-8-10-23(22)33)38-16-13-21(18-38)42-44(5,6)30(2,3)4)43-29(36-19)37-28(39)31(14-15-31)20-11-12-24-25(17-20)41-32(34,35)40-24/h7-12,17,21,26H,13-16,18H2,1-6H3,(H,36,37,39)/t21-,26?/m1/s1. The lowest BCUT2D eigenvalue weighted by atomic mass is 9.94. The van der Waals surface area contributed by atoms with Crippen molar-refractivity contribution in [2.75, 3.05) is 18.4 Å². The first-order valence-corrected chi connectivity index (χ1v) is 19.0. The van der Waals surface area contributed by atoms with E-state index in [2.05, 4.69) is 59.6 Å². The van der Waals surface area contributed by atoms with E-state index < -0.39 is 20.0 Å². The minimum atomic E-state index is -3.71. The topological polar surface area (TPSA) is 72.9 Å². The molecule has 44 heavy (non-hydrogen) atoms. The lowest BCUT2D eigenvalue weighted by Gasteiger charge is -2.38. The van der Waals surface area contributed by atoms with Crippen LogP contribution in [-0.2, 0) is 14.6 Å². The van der Waals surface area contributed by atoms with Gasteiger partial charge in [-0.15, -0.1) is 8.78 Å². The summed E-state index contributed by atoms with van der Waals surface area (Å²) in [6.07, 6.45) is -1.46. The van der Waals surface area contributed by atoms with E-state index in [9.17, 15) is 13.6 Å². The largest absolute Gasteiger partial charge is 0.586 e. The quantitative estimate of drug-likeness (QED) is 0.245. The van der Waals surface area contributed by atoms with Crippen LogP contribution in [0.5, 0.6) is 11.5 Å². The van der Waals surface area contributed by atoms with Crippen molar-refractivity contribution in [2.45, 2.75) is 88.9 Å². The number of aryl methyl sites for hydroxylation is 1. The average Bonchev–Trinajstić information content (AvgIpc) is 3.34. The van der Waals surface area contributed by atoms with Crippen LogP contribution in [0.15, 0.2) is 42.5 Å². The summed E-state index contributed by atoms with van der Waals surface area (Å²) in [5.74, 6) is -0.329. The number of aromatic nitrogens is 1. The van der Waals surface area contributed by atoms with Gasteiger partial charge >= 0.3 is 6.29 Å². The summed E-state index contributed by atoms with van der Waals surface area (Å²) in [5.41, 5.74) is 1.59. The Labute approximate surface area is 267 Å². The highest BCUT2D eigenvalue weighted by molar-refractivity contribution is 7.16. The van der Waals surface area contributed by atoms with Gasteiger partial charge in [0.25, 0.3) is 0 Å². The second-order valence-corrected chi connectivity index (χ2v) is 19.7. The number of carbonyl (C=O) groups is 1. The molecule has 1 N–H and O–H groups in total. The number of hydrogen-bond acceptors (Lipinski definition) is 7. The molecule has 3 aliphatic rings. The van der Waals surface area contributed by atoms with Crippen LogP contribution in [0.4, 0.5) is 13.9 Å². The van der Waals surface area contributed by atoms with Crippen LogP contribution in [-0.4, -0.2) is 49.6 Å². The van der Waals surface area contributed by atoms with Gasteiger partial charge in [0.1, 0.15) is 0 Å². The summed E-state index contributed by atoms with van der Waals surface area (Å²) < 4.78 is 43.1. The summed E-state index contributed by atoms with van der Waals surface area (Å²) >= 11 is 8.23. The van der Waals surface area contributed by atoms with Crippen molar-refractivity contribution in [1.29, 1.82) is 0 Å². The van der Waals surface area contributed by atoms with Crippen molar-refractivity contribution in [1.82, 2.24) is 9.88 Å². The third kappa shape index (κ3) is 5.89. The van der Waals surface area contributed by atoms with Gasteiger partial charge in [-0.05, 0) is 73.6 Å². The molecule has 1 aromatic heterocycles. The normalized spacial score (nSPS) is 21.3. The van der Waals surface area contributed by atoms with Gasteiger partial charge in [-0.3, -0.25) is 9.69 Å². The van der Waals surface area contributed by atoms with Gasteiger partial charge in [-0.25, -0.2) is 4.98 Å². The van der Waals surface area contributed by atoms with Gasteiger partial charge in [0.2, 0.25) is 5.91 Å². The zero-order chi connectivity index (χ0) is 31.7. The number of hydrogen-bond donors (Lipinski definition) is 1. The van der Waals surface area contributed by atoms with E-state index in [1.54, 1.807) is 6.07 Å². The van der Waals surface area contributed by atoms with Crippen LogP contribution in [0, 0.1) is 6.92 Å². The minimum Gasteiger partial charge on any atom is -0.413 e. The van der Waals surface area contributed by atoms with Gasteiger partial charge in [0.05, 0.1) is 28.1 Å². The zero-order valence-electron chi connectivity index (χ0n) is 25.8. The number of anilines is 1. The number of ether oxygens (including phenoxy) is 2. The lowest BCUT2D eigenvalue weighted by molar-refractivity contribution is -0.286. The molecular formula is C32H38ClF2N3O4SSi. The van der Waals surface area contributed by atoms with Crippen molar-refractivity contribution in [3.63, 3.8) is 0 Å². The number of halogens is 3. The van der Waals surface area contributed by atoms with Crippen LogP contribution in [0.1, 0.15) is 67.8 Å². The third-order valence-corrected chi connectivity index (χ3v) is 15.5. The van der Waals surface area contributed by atoms with E-state index in [0.29, 0.717) is 28.6 Å². The molecule has 0 spiro atoms. The fraction of sp³-hybridized carbons (Fsp3) is 0.500. The van der Waals surface area contributed by atoms with Crippen LogP contribution < -0.4 is 14.8 Å². The molecule has 2 fully saturated rings. The SMILES string of the molecule is Cc1nc(NC(=O)C2(c3ccc4c(c3)OC(F)(F)O4)CC2)sc1C(c1ccccc1Cl)N1CC[C@@H](O[Si](C)(C)C(C)(C)C)C1. The highest BCUT2D eigenvalue weighted by Crippen LogP contribution is 2.53. The maximum atomic E-state index is 13.6. The highest BCUT2D eigenvalue weighted by atomic mass is 35.5. The van der Waals surface area contributed by atoms with E-state index in [4.69, 9.17) is 21.0 Å². The van der Waals surface area contributed by atoms with Crippen molar-refractivity contribution in [3.8, 4) is 11.5 Å². The Morgan fingerprint density at radius 2 is 1.89 bits per heavy atom. The number of rotatable bonds is 8. The summed E-state index contributed by atoms with van der Waals surface area (Å²) in [6, 6.07) is 12.3. The molecule has 1 saturated carbocycles. The average molecular weight is 662 g/mol. The van der Waals surface area contributed by atoms with Gasteiger partial charge in [-0.2, -0.15) is 0 Å². The number of thiazole rings is 1. The smallest absolute Gasteiger partial charge is 0.413 e. The van der Waals surface area contributed by atoms with Crippen LogP contribution in [0.3, 0.4) is 0 Å². The molecule has 3 aromatic rings. The molecule has 7 nitrogen and oxygen atoms in total. The van der Waals surface area contributed by atoms with Crippen LogP contribution in [0.2, 0.25) is 23.2 Å². The third-order valence-electron chi connectivity index (χ3n) is 9.45. The Hall–Kier alpha value is -2.57. The molecule has 3 heterocycles. The van der Waals surface area contributed by atoms with Gasteiger partial charge in [0.15, 0.2) is 24.9 Å². The first-order chi connectivity index (χ1) is 20.6. The highest BCUT2D eigenvalue weighted by Gasteiger charge is 2.53. The number of nitrogens with one attached hydrogen (secondary N) is 1. The Balaban J connectivity index is 1.24. The molecule has 236 valence electrons. The Kier molecular flexibility index (Phi) is 7.89. The molecule has 1 saturated heterocycles. The number of amides is 1. The maximum absolute atomic E-state index is 13.6. The number of benzene rings is 2. The number of likely N-dealkylation sites (tertiary alicyclic amines) is 1. The number of carbonyl (C=O) groups excluding carboxylic acids is 1. The predicted molar refractivity (Wildman–Crippen MR) is 171 cm³/mol. The Bertz CT molecular complexity index is 1590. The van der Waals surface area contributed by atoms with Gasteiger partial charge in [-0.1, -0.05) is 68.0 Å². The zero-order valence-corrected chi connectivity index (χ0v) is 28.4. The molecule has 1 unspecified atom stereocenters. The lowest BCUT2D eigenvalue weighted by Crippen LogP contribution is -2.44. The molecule has 1 amide bonds. The second-order valence-electron chi connectivity index (χ2n) is 13.5. The fourth-order valence-electron chi connectivity index (χ4n) is 5.83. The van der Waals surface area contributed by atoms with E-state index in [1.807, 2.05) is 25.1 Å². The number of fused-ring (bicyclic) bond motifs is 1. The van der Waals surface area contributed by atoms with E-state index in [-0.39, 0.29) is 34.6 Å². The first kappa shape index (κ1) is 31.4. The fourth-order valence-corrected chi connectivity index (χ4v) is 8.56. The van der Waals surface area contributed by atoms with E-state index >= 15 is 0 Å². The summed E-state index contributed by atoms with van der Waals surface area (Å²) in [6.45, 7) is 14.9. The molecule has 0 bridgehead atoms. The summed E-state index contributed by atoms with van der Waals surface area (Å²) in [5, 5.41) is 4.32. The number of alkyl halides is 2. The maximum Gasteiger partial charge on any atom is 0.586 e. The molecule has 2 aliphatic heterocycles. The summed E-state index contributed by atoms with van der Waals surface area (Å²) in [7, 11) is -1.94. The van der Waals surface area contributed by atoms with Crippen LogP contribution in [0.25, 0.3) is 0 Å². The predicted octanol–water partition coefficient (Wildman–Crippen LogP) is 8.28. The van der Waals surface area contributed by atoms with E-state index in [0.717, 1.165) is 35.6 Å². The molecule has 6 rings (SSSR count). The molecule has 2 aromatic carbocycles. The Morgan fingerprint density at radius 1 is 1.18 bits per heavy atom. The van der Waals surface area contributed by atoms with Crippen molar-refractivity contribution < 1.29 is 27.5 Å². The minimum absolute atomic E-state index is 0.0420. The first-order valence-electron chi connectivity index (χ1n) is 14.9. The molecular weight excluding hydrogens is 624 g/mol. The molecule has 1 aliphatic carbocycles. The van der Waals surface area contributed by atoms with Crippen molar-refractivity contribution in [3.05, 3.63) is 69.2 Å². The molecule has 0 radical (unpaired) electrons. The molecule has 12 heteroatoms. The van der Waals surface area contributed by atoms with Gasteiger partial charge < -0.3 is 19.2 Å². The van der Waals surface area contributed by atoms with Crippen LogP contribution >= 0.6 is 22.9 Å². The summed E-state index contributed by atoms with van der Waals surface area (Å²) in [4.78, 5) is 21.8. The second kappa shape index (κ2) is 11.0. The molecule has 2 atom stereocenters. The van der Waals surface area contributed by atoms with Crippen molar-refractivity contribution in [2.24, 2.45) is 0 Å². The van der Waals surface area contributed by atoms with Gasteiger partial charge in [0, 0.05) is 18.1 Å². The monoisotopic (exact) mass is 661 g/mol. The Morgan fingerprint density at radius 3 is 2.57 bits per heavy atom. The number of nitrogens with zero attached hydrogens (tertiary/aromatic N) is 2. The van der Waals surface area contributed by atoms with E-state index in [1.165, 1.54) is 23.5 Å². The van der Waals surface area contributed by atoms with Crippen molar-refractivity contribution >= 4 is 42.3 Å².